The lowest BCUT2D eigenvalue weighted by Gasteiger charge is -2.17. The Labute approximate surface area is 142 Å². The highest BCUT2D eigenvalue weighted by atomic mass is 16.2. The maximum Gasteiger partial charge on any atom is 0.292 e. The van der Waals surface area contributed by atoms with E-state index in [1.54, 1.807) is 0 Å². The molecule has 1 aliphatic rings. The van der Waals surface area contributed by atoms with Crippen molar-refractivity contribution in [1.82, 2.24) is 0 Å². The molecule has 4 nitrogen and oxygen atoms in total. The van der Waals surface area contributed by atoms with Gasteiger partial charge in [-0.3, -0.25) is 9.59 Å². The Balaban J connectivity index is 1.74. The summed E-state index contributed by atoms with van der Waals surface area (Å²) in [5, 5.41) is 2.00. The molecule has 4 heteroatoms. The van der Waals surface area contributed by atoms with E-state index in [4.69, 9.17) is 0 Å². The van der Waals surface area contributed by atoms with E-state index in [9.17, 15) is 9.59 Å². The second-order valence-corrected chi connectivity index (χ2v) is 6.29. The van der Waals surface area contributed by atoms with E-state index in [1.165, 1.54) is 10.5 Å². The number of amides is 2. The molecule has 0 unspecified atom stereocenters. The fourth-order valence-electron chi connectivity index (χ4n) is 3.17. The first-order valence-electron chi connectivity index (χ1n) is 8.45. The average Bonchev–Trinajstić information content (AvgIpc) is 2.89. The molecule has 2 aromatic rings. The third-order valence-corrected chi connectivity index (χ3v) is 4.63. The number of hydrogen-bond donors (Lipinski definition) is 1. The number of quaternary nitrogens is 1. The van der Waals surface area contributed by atoms with Crippen LogP contribution in [-0.4, -0.2) is 17.9 Å². The topological polar surface area (TPSA) is 54.0 Å². The number of nitrogens with two attached hydrogens (primary N) is 1. The van der Waals surface area contributed by atoms with Crippen LogP contribution in [0, 0.1) is 0 Å². The van der Waals surface area contributed by atoms with E-state index >= 15 is 0 Å². The van der Waals surface area contributed by atoms with Crippen LogP contribution in [0.5, 0.6) is 0 Å². The molecule has 1 aliphatic heterocycles. The first-order chi connectivity index (χ1) is 11.6. The third kappa shape index (κ3) is 3.24. The Bertz CT molecular complexity index is 725. The zero-order valence-electron chi connectivity index (χ0n) is 14.1. The molecular formula is C20H23N2O2+. The third-order valence-electron chi connectivity index (χ3n) is 4.63. The van der Waals surface area contributed by atoms with Gasteiger partial charge in [0.25, 0.3) is 5.91 Å². The van der Waals surface area contributed by atoms with Crippen LogP contribution in [0.1, 0.15) is 37.4 Å². The molecule has 0 aromatic heterocycles. The number of imide groups is 1. The molecule has 0 radical (unpaired) electrons. The lowest BCUT2D eigenvalue weighted by Crippen LogP contribution is -2.91. The monoisotopic (exact) mass is 323 g/mol. The average molecular weight is 323 g/mol. The van der Waals surface area contributed by atoms with Gasteiger partial charge in [0.15, 0.2) is 6.04 Å². The molecule has 0 spiro atoms. The minimum absolute atomic E-state index is 0.118. The smallest absolute Gasteiger partial charge is 0.292 e. The van der Waals surface area contributed by atoms with Gasteiger partial charge in [-0.15, -0.1) is 0 Å². The van der Waals surface area contributed by atoms with Crippen molar-refractivity contribution in [3.63, 3.8) is 0 Å². The van der Waals surface area contributed by atoms with Gasteiger partial charge < -0.3 is 5.32 Å². The van der Waals surface area contributed by atoms with Gasteiger partial charge >= 0.3 is 0 Å². The quantitative estimate of drug-likeness (QED) is 0.858. The second-order valence-electron chi connectivity index (χ2n) is 6.29. The molecular weight excluding hydrogens is 300 g/mol. The predicted molar refractivity (Wildman–Crippen MR) is 93.5 cm³/mol. The normalized spacial score (nSPS) is 18.9. The molecule has 0 aliphatic carbocycles. The molecule has 2 amide bonds. The number of aryl methyl sites for hydroxylation is 1. The van der Waals surface area contributed by atoms with Crippen LogP contribution in [0.2, 0.25) is 0 Å². The Hall–Kier alpha value is -2.46. The molecule has 0 saturated carbocycles. The van der Waals surface area contributed by atoms with Crippen LogP contribution < -0.4 is 10.2 Å². The summed E-state index contributed by atoms with van der Waals surface area (Å²) in [6.07, 6.45) is 1.19. The number of hydrogen-bond acceptors (Lipinski definition) is 2. The van der Waals surface area contributed by atoms with E-state index in [0.717, 1.165) is 12.0 Å². The molecule has 1 saturated heterocycles. The van der Waals surface area contributed by atoms with Crippen LogP contribution in [0.15, 0.2) is 54.6 Å². The number of nitrogens with zero attached hydrogens (tertiary/aromatic N) is 1. The van der Waals surface area contributed by atoms with Crippen molar-refractivity contribution in [2.45, 2.75) is 38.8 Å². The fraction of sp³-hybridized carbons (Fsp3) is 0.300. The number of anilines is 1. The van der Waals surface area contributed by atoms with Gasteiger partial charge in [-0.1, -0.05) is 49.4 Å². The van der Waals surface area contributed by atoms with Crippen molar-refractivity contribution in [2.75, 3.05) is 4.90 Å². The van der Waals surface area contributed by atoms with Crippen molar-refractivity contribution in [1.29, 1.82) is 0 Å². The summed E-state index contributed by atoms with van der Waals surface area (Å²) in [5.41, 5.74) is 3.02. The van der Waals surface area contributed by atoms with E-state index in [0.29, 0.717) is 5.69 Å². The van der Waals surface area contributed by atoms with Gasteiger partial charge in [0.05, 0.1) is 12.1 Å². The van der Waals surface area contributed by atoms with Gasteiger partial charge in [0.2, 0.25) is 5.91 Å². The summed E-state index contributed by atoms with van der Waals surface area (Å²) >= 11 is 0. The molecule has 0 bridgehead atoms. The van der Waals surface area contributed by atoms with Crippen molar-refractivity contribution in [3.05, 3.63) is 65.7 Å². The van der Waals surface area contributed by atoms with Crippen molar-refractivity contribution >= 4 is 17.5 Å². The van der Waals surface area contributed by atoms with Gasteiger partial charge in [0.1, 0.15) is 6.04 Å². The molecule has 2 atom stereocenters. The summed E-state index contributed by atoms with van der Waals surface area (Å²) in [6.45, 7) is 4.14. The summed E-state index contributed by atoms with van der Waals surface area (Å²) < 4.78 is 0. The van der Waals surface area contributed by atoms with Gasteiger partial charge in [-0.25, -0.2) is 4.90 Å². The Morgan fingerprint density at radius 2 is 1.75 bits per heavy atom. The van der Waals surface area contributed by atoms with E-state index < -0.39 is 0 Å². The Kier molecular flexibility index (Phi) is 4.76. The maximum absolute atomic E-state index is 12.7. The highest BCUT2D eigenvalue weighted by Crippen LogP contribution is 2.22. The number of rotatable bonds is 5. The molecule has 124 valence electrons. The number of benzene rings is 2. The lowest BCUT2D eigenvalue weighted by atomic mass is 10.1. The van der Waals surface area contributed by atoms with Gasteiger partial charge in [-0.05, 0) is 31.0 Å². The van der Waals surface area contributed by atoms with Crippen LogP contribution in [0.4, 0.5) is 5.69 Å². The van der Waals surface area contributed by atoms with Crippen molar-refractivity contribution in [2.24, 2.45) is 0 Å². The Morgan fingerprint density at radius 1 is 1.08 bits per heavy atom. The summed E-state index contributed by atoms with van der Waals surface area (Å²) in [5.74, 6) is -0.238. The Morgan fingerprint density at radius 3 is 2.38 bits per heavy atom. The van der Waals surface area contributed by atoms with Gasteiger partial charge in [-0.2, -0.15) is 0 Å². The summed E-state index contributed by atoms with van der Waals surface area (Å²) in [7, 11) is 0. The molecule has 1 fully saturated rings. The van der Waals surface area contributed by atoms with E-state index in [-0.39, 0.29) is 30.3 Å². The van der Waals surface area contributed by atoms with Crippen molar-refractivity contribution in [3.8, 4) is 0 Å². The highest BCUT2D eigenvalue weighted by Gasteiger charge is 2.43. The highest BCUT2D eigenvalue weighted by molar-refractivity contribution is 6.21. The molecule has 2 aromatic carbocycles. The number of carbonyl (C=O) groups is 2. The zero-order valence-corrected chi connectivity index (χ0v) is 14.1. The SMILES string of the molecule is CCc1ccc(N2C(=O)C[C@@H]([NH2+][C@@H](C)c3ccccc3)C2=O)cc1. The van der Waals surface area contributed by atoms with E-state index in [1.807, 2.05) is 59.9 Å². The van der Waals surface area contributed by atoms with Crippen LogP contribution in [0.25, 0.3) is 0 Å². The first kappa shape index (κ1) is 16.4. The maximum atomic E-state index is 12.7. The second kappa shape index (κ2) is 6.97. The first-order valence-corrected chi connectivity index (χ1v) is 8.45. The lowest BCUT2D eigenvalue weighted by molar-refractivity contribution is -0.711. The summed E-state index contributed by atoms with van der Waals surface area (Å²) in [6, 6.07) is 17.5. The zero-order chi connectivity index (χ0) is 17.1. The molecule has 1 heterocycles. The molecule has 24 heavy (non-hydrogen) atoms. The predicted octanol–water partition coefficient (Wildman–Crippen LogP) is 2.21. The minimum atomic E-state index is -0.349. The minimum Gasteiger partial charge on any atom is -0.330 e. The summed E-state index contributed by atoms with van der Waals surface area (Å²) in [4.78, 5) is 26.4. The van der Waals surface area contributed by atoms with Crippen molar-refractivity contribution < 1.29 is 14.9 Å². The van der Waals surface area contributed by atoms with Crippen LogP contribution >= 0.6 is 0 Å². The van der Waals surface area contributed by atoms with E-state index in [2.05, 4.69) is 13.8 Å². The largest absolute Gasteiger partial charge is 0.330 e. The fourth-order valence-corrected chi connectivity index (χ4v) is 3.17. The molecule has 3 rings (SSSR count). The van der Waals surface area contributed by atoms with Crippen LogP contribution in [-0.2, 0) is 16.0 Å². The van der Waals surface area contributed by atoms with Crippen LogP contribution in [0.3, 0.4) is 0 Å². The van der Waals surface area contributed by atoms with Gasteiger partial charge in [0, 0.05) is 5.56 Å². The standard InChI is InChI=1S/C20H22N2O2/c1-3-15-9-11-17(12-10-15)22-19(23)13-18(20(22)24)21-14(2)16-7-5-4-6-8-16/h4-12,14,18,21H,3,13H2,1-2H3/p+1/t14-,18+/m0/s1. The number of carbonyl (C=O) groups excluding carboxylic acids is 2. The molecule has 2 N–H and O–H groups in total.